The lowest BCUT2D eigenvalue weighted by Crippen LogP contribution is -2.23. The van der Waals surface area contributed by atoms with Crippen LogP contribution >= 0.6 is 0 Å². The van der Waals surface area contributed by atoms with Crippen molar-refractivity contribution in [3.05, 3.63) is 39.9 Å². The minimum Gasteiger partial charge on any atom is -0.296 e. The van der Waals surface area contributed by atoms with E-state index in [9.17, 15) is 24.1 Å². The summed E-state index contributed by atoms with van der Waals surface area (Å²) in [5.74, 6) is -1.87. The average molecular weight is 225 g/mol. The third-order valence-corrected chi connectivity index (χ3v) is 1.95. The lowest BCUT2D eigenvalue weighted by atomic mass is 10.0. The van der Waals surface area contributed by atoms with E-state index in [1.165, 1.54) is 0 Å². The van der Waals surface area contributed by atoms with Crippen LogP contribution in [-0.4, -0.2) is 22.7 Å². The maximum Gasteiger partial charge on any atom is 0.269 e. The Hall–Kier alpha value is -2.11. The van der Waals surface area contributed by atoms with Gasteiger partial charge in [-0.2, -0.15) is 0 Å². The van der Waals surface area contributed by atoms with E-state index in [0.29, 0.717) is 0 Å². The molecule has 0 saturated heterocycles. The molecule has 84 valence electrons. The Labute approximate surface area is 90.0 Å². The molecule has 0 amide bonds. The SMILES string of the molecule is CC(=O)C(F)C(=O)c1ccc([N+](=O)[O-])cc1. The van der Waals surface area contributed by atoms with Gasteiger partial charge in [-0.3, -0.25) is 19.7 Å². The van der Waals surface area contributed by atoms with Crippen molar-refractivity contribution in [3.8, 4) is 0 Å². The van der Waals surface area contributed by atoms with Crippen molar-refractivity contribution in [1.29, 1.82) is 0 Å². The Morgan fingerprint density at radius 2 is 1.81 bits per heavy atom. The van der Waals surface area contributed by atoms with E-state index >= 15 is 0 Å². The number of hydrogen-bond acceptors (Lipinski definition) is 4. The number of halogens is 1. The summed E-state index contributed by atoms with van der Waals surface area (Å²) in [6.07, 6.45) is -2.21. The predicted octanol–water partition coefficient (Wildman–Crippen LogP) is 1.70. The van der Waals surface area contributed by atoms with Crippen molar-refractivity contribution < 1.29 is 18.9 Å². The molecular weight excluding hydrogens is 217 g/mol. The standard InChI is InChI=1S/C10H8FNO4/c1-6(13)9(11)10(14)7-2-4-8(5-3-7)12(15)16/h2-5,9H,1H3. The lowest BCUT2D eigenvalue weighted by molar-refractivity contribution is -0.384. The summed E-state index contributed by atoms with van der Waals surface area (Å²) in [5.41, 5.74) is -0.261. The molecular formula is C10H8FNO4. The summed E-state index contributed by atoms with van der Waals surface area (Å²) in [5, 5.41) is 10.3. The first kappa shape index (κ1) is 12.0. The molecule has 0 aliphatic carbocycles. The zero-order chi connectivity index (χ0) is 12.3. The predicted molar refractivity (Wildman–Crippen MR) is 53.0 cm³/mol. The maximum atomic E-state index is 13.0. The molecule has 0 aliphatic heterocycles. The monoisotopic (exact) mass is 225 g/mol. The smallest absolute Gasteiger partial charge is 0.269 e. The highest BCUT2D eigenvalue weighted by molar-refractivity contribution is 6.12. The van der Waals surface area contributed by atoms with Crippen LogP contribution in [-0.2, 0) is 4.79 Å². The third kappa shape index (κ3) is 2.47. The van der Waals surface area contributed by atoms with Gasteiger partial charge in [0.25, 0.3) is 5.69 Å². The van der Waals surface area contributed by atoms with E-state index in [1.54, 1.807) is 0 Å². The van der Waals surface area contributed by atoms with Gasteiger partial charge in [0.05, 0.1) is 4.92 Å². The average Bonchev–Trinajstić information content (AvgIpc) is 2.27. The Morgan fingerprint density at radius 1 is 1.31 bits per heavy atom. The fourth-order valence-electron chi connectivity index (χ4n) is 1.08. The van der Waals surface area contributed by atoms with E-state index in [1.807, 2.05) is 0 Å². The molecule has 0 saturated carbocycles. The third-order valence-electron chi connectivity index (χ3n) is 1.95. The Kier molecular flexibility index (Phi) is 3.44. The quantitative estimate of drug-likeness (QED) is 0.338. The van der Waals surface area contributed by atoms with Gasteiger partial charge in [-0.25, -0.2) is 4.39 Å². The molecule has 0 heterocycles. The molecule has 0 bridgehead atoms. The number of carbonyl (C=O) groups excluding carboxylic acids is 2. The summed E-state index contributed by atoms with van der Waals surface area (Å²) in [7, 11) is 0. The fraction of sp³-hybridized carbons (Fsp3) is 0.200. The summed E-state index contributed by atoms with van der Waals surface area (Å²) in [4.78, 5) is 31.6. The second kappa shape index (κ2) is 4.61. The van der Waals surface area contributed by atoms with Crippen molar-refractivity contribution >= 4 is 17.3 Å². The van der Waals surface area contributed by atoms with Gasteiger partial charge >= 0.3 is 0 Å². The highest BCUT2D eigenvalue weighted by atomic mass is 19.1. The van der Waals surface area contributed by atoms with E-state index in [4.69, 9.17) is 0 Å². The van der Waals surface area contributed by atoms with E-state index in [2.05, 4.69) is 0 Å². The van der Waals surface area contributed by atoms with Crippen LogP contribution in [0.1, 0.15) is 17.3 Å². The summed E-state index contributed by atoms with van der Waals surface area (Å²) >= 11 is 0. The molecule has 0 fully saturated rings. The number of benzene rings is 1. The van der Waals surface area contributed by atoms with Crippen LogP contribution in [0.5, 0.6) is 0 Å². The fourth-order valence-corrected chi connectivity index (χ4v) is 1.08. The van der Waals surface area contributed by atoms with Gasteiger partial charge in [0, 0.05) is 17.7 Å². The van der Waals surface area contributed by atoms with Crippen LogP contribution in [0.3, 0.4) is 0 Å². The molecule has 0 N–H and O–H groups in total. The Morgan fingerprint density at radius 3 is 2.19 bits per heavy atom. The number of nitro groups is 1. The van der Waals surface area contributed by atoms with Crippen LogP contribution < -0.4 is 0 Å². The zero-order valence-corrected chi connectivity index (χ0v) is 8.34. The minimum atomic E-state index is -2.21. The largest absolute Gasteiger partial charge is 0.296 e. The van der Waals surface area contributed by atoms with Crippen molar-refractivity contribution in [2.24, 2.45) is 0 Å². The zero-order valence-electron chi connectivity index (χ0n) is 8.34. The minimum absolute atomic E-state index is 0.0618. The van der Waals surface area contributed by atoms with Crippen LogP contribution in [0.15, 0.2) is 24.3 Å². The number of ketones is 2. The second-order valence-corrected chi connectivity index (χ2v) is 3.14. The topological polar surface area (TPSA) is 77.3 Å². The second-order valence-electron chi connectivity index (χ2n) is 3.14. The van der Waals surface area contributed by atoms with E-state index in [-0.39, 0.29) is 11.3 Å². The van der Waals surface area contributed by atoms with Gasteiger partial charge in [0.15, 0.2) is 5.78 Å². The Bertz CT molecular complexity index is 441. The first-order valence-corrected chi connectivity index (χ1v) is 4.36. The number of rotatable bonds is 4. The van der Waals surface area contributed by atoms with Gasteiger partial charge in [-0.15, -0.1) is 0 Å². The van der Waals surface area contributed by atoms with Crippen LogP contribution in [0, 0.1) is 10.1 Å². The highest BCUT2D eigenvalue weighted by Crippen LogP contribution is 2.14. The molecule has 0 aromatic heterocycles. The van der Waals surface area contributed by atoms with E-state index < -0.39 is 22.7 Å². The summed E-state index contributed by atoms with van der Waals surface area (Å²) in [6, 6.07) is 4.41. The van der Waals surface area contributed by atoms with Crippen LogP contribution in [0.2, 0.25) is 0 Å². The molecule has 1 atom stereocenters. The molecule has 1 unspecified atom stereocenters. The van der Waals surface area contributed by atoms with E-state index in [0.717, 1.165) is 31.2 Å². The molecule has 0 spiro atoms. The van der Waals surface area contributed by atoms with Crippen LogP contribution in [0.25, 0.3) is 0 Å². The lowest BCUT2D eigenvalue weighted by Gasteiger charge is -2.02. The Balaban J connectivity index is 2.94. The maximum absolute atomic E-state index is 13.0. The number of alkyl halides is 1. The van der Waals surface area contributed by atoms with Crippen molar-refractivity contribution in [2.45, 2.75) is 13.1 Å². The van der Waals surface area contributed by atoms with Gasteiger partial charge in [0.2, 0.25) is 12.0 Å². The number of carbonyl (C=O) groups is 2. The molecule has 5 nitrogen and oxygen atoms in total. The number of nitro benzene ring substituents is 1. The molecule has 0 radical (unpaired) electrons. The number of nitrogens with zero attached hydrogens (tertiary/aromatic N) is 1. The first-order valence-electron chi connectivity index (χ1n) is 4.36. The molecule has 1 rings (SSSR count). The molecule has 1 aromatic rings. The highest BCUT2D eigenvalue weighted by Gasteiger charge is 2.23. The van der Waals surface area contributed by atoms with Crippen LogP contribution in [0.4, 0.5) is 10.1 Å². The summed E-state index contributed by atoms with van der Waals surface area (Å²) < 4.78 is 13.0. The molecule has 0 aliphatic rings. The van der Waals surface area contributed by atoms with Crippen molar-refractivity contribution in [2.75, 3.05) is 0 Å². The first-order chi connectivity index (χ1) is 7.43. The van der Waals surface area contributed by atoms with Gasteiger partial charge in [-0.05, 0) is 19.1 Å². The van der Waals surface area contributed by atoms with Crippen molar-refractivity contribution in [1.82, 2.24) is 0 Å². The normalized spacial score (nSPS) is 11.9. The number of non-ortho nitro benzene ring substituents is 1. The number of hydrogen-bond donors (Lipinski definition) is 0. The molecule has 6 heteroatoms. The van der Waals surface area contributed by atoms with Gasteiger partial charge in [0.1, 0.15) is 0 Å². The van der Waals surface area contributed by atoms with Gasteiger partial charge < -0.3 is 0 Å². The van der Waals surface area contributed by atoms with Crippen molar-refractivity contribution in [3.63, 3.8) is 0 Å². The number of Topliss-reactive ketones (excluding diaryl/α,β-unsaturated/α-hetero) is 2. The molecule has 1 aromatic carbocycles. The molecule has 16 heavy (non-hydrogen) atoms. The van der Waals surface area contributed by atoms with Gasteiger partial charge in [-0.1, -0.05) is 0 Å². The summed E-state index contributed by atoms with van der Waals surface area (Å²) in [6.45, 7) is 0.966.